The summed E-state index contributed by atoms with van der Waals surface area (Å²) in [5.41, 5.74) is 1.22. The van der Waals surface area contributed by atoms with Gasteiger partial charge in [0, 0.05) is 13.1 Å². The molecular weight excluding hydrogens is 274 g/mol. The number of morpholine rings is 1. The minimum atomic E-state index is 0.353. The highest BCUT2D eigenvalue weighted by Crippen LogP contribution is 2.19. The number of allylic oxidation sites excluding steroid dienone is 1. The first-order chi connectivity index (χ1) is 10.7. The maximum Gasteiger partial charge on any atom is 0.122 e. The molecule has 22 heavy (non-hydrogen) atoms. The molecule has 1 saturated heterocycles. The van der Waals surface area contributed by atoms with E-state index >= 15 is 0 Å². The molecule has 0 saturated carbocycles. The minimum absolute atomic E-state index is 0.353. The highest BCUT2D eigenvalue weighted by molar-refractivity contribution is 5.34. The summed E-state index contributed by atoms with van der Waals surface area (Å²) in [5.74, 6) is 0.996. The van der Waals surface area contributed by atoms with Crippen molar-refractivity contribution in [3.63, 3.8) is 0 Å². The fourth-order valence-corrected chi connectivity index (χ4v) is 3.06. The summed E-state index contributed by atoms with van der Waals surface area (Å²) in [5, 5.41) is 0. The lowest BCUT2D eigenvalue weighted by molar-refractivity contribution is -0.0682. The van der Waals surface area contributed by atoms with Crippen LogP contribution < -0.4 is 4.74 Å². The molecule has 0 amide bonds. The van der Waals surface area contributed by atoms with E-state index in [1.807, 2.05) is 24.3 Å². The van der Waals surface area contributed by atoms with Gasteiger partial charge in [-0.2, -0.15) is 0 Å². The Bertz CT molecular complexity index is 451. The molecule has 122 valence electrons. The van der Waals surface area contributed by atoms with Crippen LogP contribution in [0.4, 0.5) is 0 Å². The van der Waals surface area contributed by atoms with Gasteiger partial charge >= 0.3 is 0 Å². The normalized spacial score (nSPS) is 22.5. The van der Waals surface area contributed by atoms with E-state index in [9.17, 15) is 0 Å². The molecular formula is C19H29NO2. The predicted octanol–water partition coefficient (Wildman–Crippen LogP) is 3.68. The zero-order chi connectivity index (χ0) is 15.8. The van der Waals surface area contributed by atoms with Gasteiger partial charge in [0.25, 0.3) is 0 Å². The quantitative estimate of drug-likeness (QED) is 0.540. The number of hydrogen-bond acceptors (Lipinski definition) is 3. The maximum atomic E-state index is 5.93. The van der Waals surface area contributed by atoms with E-state index in [4.69, 9.17) is 9.47 Å². The molecule has 0 unspecified atom stereocenters. The molecule has 3 heteroatoms. The molecule has 0 bridgehead atoms. The van der Waals surface area contributed by atoms with E-state index in [1.54, 1.807) is 0 Å². The lowest BCUT2D eigenvalue weighted by atomic mass is 10.1. The molecule has 0 aromatic heterocycles. The van der Waals surface area contributed by atoms with Crippen LogP contribution in [0.25, 0.3) is 0 Å². The number of hydrogen-bond donors (Lipinski definition) is 0. The van der Waals surface area contributed by atoms with E-state index in [-0.39, 0.29) is 0 Å². The third kappa shape index (κ3) is 5.47. The molecule has 2 rings (SSSR count). The lowest BCUT2D eigenvalue weighted by Gasteiger charge is -2.35. The Morgan fingerprint density at radius 1 is 1.23 bits per heavy atom. The lowest BCUT2D eigenvalue weighted by Crippen LogP contribution is -2.45. The van der Waals surface area contributed by atoms with Crippen molar-refractivity contribution < 1.29 is 9.47 Å². The van der Waals surface area contributed by atoms with Crippen LogP contribution in [-0.4, -0.2) is 43.3 Å². The molecule has 0 N–H and O–H groups in total. The van der Waals surface area contributed by atoms with Crippen LogP contribution in [-0.2, 0) is 11.2 Å². The highest BCUT2D eigenvalue weighted by Gasteiger charge is 2.21. The van der Waals surface area contributed by atoms with Crippen molar-refractivity contribution in [1.82, 2.24) is 4.90 Å². The van der Waals surface area contributed by atoms with Crippen LogP contribution in [0.1, 0.15) is 32.3 Å². The van der Waals surface area contributed by atoms with E-state index in [0.29, 0.717) is 12.2 Å². The number of rotatable bonds is 8. The smallest absolute Gasteiger partial charge is 0.122 e. The molecule has 1 aromatic carbocycles. The van der Waals surface area contributed by atoms with Gasteiger partial charge in [0.15, 0.2) is 0 Å². The van der Waals surface area contributed by atoms with Gasteiger partial charge in [0.05, 0.1) is 18.8 Å². The Balaban J connectivity index is 1.66. The molecule has 1 aliphatic rings. The summed E-state index contributed by atoms with van der Waals surface area (Å²) in [6.07, 6.45) is 5.74. The van der Waals surface area contributed by atoms with E-state index < -0.39 is 0 Å². The van der Waals surface area contributed by atoms with E-state index in [0.717, 1.165) is 44.8 Å². The largest absolute Gasteiger partial charge is 0.493 e. The van der Waals surface area contributed by atoms with Gasteiger partial charge in [0.1, 0.15) is 5.75 Å². The zero-order valence-corrected chi connectivity index (χ0v) is 14.0. The SMILES string of the molecule is C=CCc1ccccc1OCCCCN1C[C@@H](C)O[C@H](C)C1. The monoisotopic (exact) mass is 303 g/mol. The molecule has 3 nitrogen and oxygen atoms in total. The summed E-state index contributed by atoms with van der Waals surface area (Å²) < 4.78 is 11.7. The number of unbranched alkanes of at least 4 members (excludes halogenated alkanes) is 1. The van der Waals surface area contributed by atoms with Gasteiger partial charge < -0.3 is 9.47 Å². The van der Waals surface area contributed by atoms with Crippen LogP contribution in [0.5, 0.6) is 5.75 Å². The Kier molecular flexibility index (Phi) is 6.94. The molecule has 1 heterocycles. The van der Waals surface area contributed by atoms with Crippen LogP contribution in [0.3, 0.4) is 0 Å². The fourth-order valence-electron chi connectivity index (χ4n) is 3.06. The minimum Gasteiger partial charge on any atom is -0.493 e. The first kappa shape index (κ1) is 17.0. The van der Waals surface area contributed by atoms with Crippen LogP contribution >= 0.6 is 0 Å². The van der Waals surface area contributed by atoms with Crippen molar-refractivity contribution in [3.8, 4) is 5.75 Å². The topological polar surface area (TPSA) is 21.7 Å². The average Bonchev–Trinajstić information content (AvgIpc) is 2.48. The summed E-state index contributed by atoms with van der Waals surface area (Å²) in [4.78, 5) is 2.50. The summed E-state index contributed by atoms with van der Waals surface area (Å²) in [6, 6.07) is 8.22. The van der Waals surface area contributed by atoms with Crippen molar-refractivity contribution in [2.45, 2.75) is 45.3 Å². The fraction of sp³-hybridized carbons (Fsp3) is 0.579. The Morgan fingerprint density at radius 2 is 1.95 bits per heavy atom. The Morgan fingerprint density at radius 3 is 2.68 bits per heavy atom. The molecule has 1 aliphatic heterocycles. The van der Waals surface area contributed by atoms with Crippen LogP contribution in [0.2, 0.25) is 0 Å². The predicted molar refractivity (Wildman–Crippen MR) is 91.5 cm³/mol. The standard InChI is InChI=1S/C19H29NO2/c1-4-9-18-10-5-6-11-19(18)21-13-8-7-12-20-14-16(2)22-17(3)15-20/h4-6,10-11,16-17H,1,7-9,12-15H2,2-3H3/t16-,17-/m1/s1. The van der Waals surface area contributed by atoms with E-state index in [1.165, 1.54) is 12.0 Å². The molecule has 1 fully saturated rings. The van der Waals surface area contributed by atoms with Gasteiger partial charge in [-0.05, 0) is 51.3 Å². The molecule has 1 aromatic rings. The summed E-state index contributed by atoms with van der Waals surface area (Å²) >= 11 is 0. The zero-order valence-electron chi connectivity index (χ0n) is 14.0. The average molecular weight is 303 g/mol. The van der Waals surface area contributed by atoms with Gasteiger partial charge in [-0.15, -0.1) is 6.58 Å². The van der Waals surface area contributed by atoms with E-state index in [2.05, 4.69) is 31.4 Å². The number of benzene rings is 1. The Hall–Kier alpha value is -1.32. The second-order valence-corrected chi connectivity index (χ2v) is 6.17. The van der Waals surface area contributed by atoms with Crippen molar-refractivity contribution >= 4 is 0 Å². The van der Waals surface area contributed by atoms with Crippen molar-refractivity contribution in [3.05, 3.63) is 42.5 Å². The first-order valence-corrected chi connectivity index (χ1v) is 8.38. The first-order valence-electron chi connectivity index (χ1n) is 8.38. The third-order valence-corrected chi connectivity index (χ3v) is 3.96. The summed E-state index contributed by atoms with van der Waals surface area (Å²) in [6.45, 7) is 12.1. The van der Waals surface area contributed by atoms with Gasteiger partial charge in [0.2, 0.25) is 0 Å². The number of ether oxygens (including phenoxy) is 2. The maximum absolute atomic E-state index is 5.93. The molecule has 0 radical (unpaired) electrons. The molecule has 2 atom stereocenters. The third-order valence-electron chi connectivity index (χ3n) is 3.96. The second-order valence-electron chi connectivity index (χ2n) is 6.17. The van der Waals surface area contributed by atoms with Crippen LogP contribution in [0, 0.1) is 0 Å². The van der Waals surface area contributed by atoms with Crippen molar-refractivity contribution in [2.24, 2.45) is 0 Å². The number of para-hydroxylation sites is 1. The van der Waals surface area contributed by atoms with Gasteiger partial charge in [-0.1, -0.05) is 24.3 Å². The van der Waals surface area contributed by atoms with Gasteiger partial charge in [-0.3, -0.25) is 4.90 Å². The molecule has 0 aliphatic carbocycles. The second kappa shape index (κ2) is 8.96. The Labute approximate surface area is 134 Å². The highest BCUT2D eigenvalue weighted by atomic mass is 16.5. The van der Waals surface area contributed by atoms with Crippen molar-refractivity contribution in [1.29, 1.82) is 0 Å². The number of nitrogens with zero attached hydrogens (tertiary/aromatic N) is 1. The van der Waals surface area contributed by atoms with Gasteiger partial charge in [-0.25, -0.2) is 0 Å². The molecule has 0 spiro atoms. The van der Waals surface area contributed by atoms with Crippen molar-refractivity contribution in [2.75, 3.05) is 26.2 Å². The van der Waals surface area contributed by atoms with Crippen LogP contribution in [0.15, 0.2) is 36.9 Å². The summed E-state index contributed by atoms with van der Waals surface area (Å²) in [7, 11) is 0.